The van der Waals surface area contributed by atoms with Gasteiger partial charge in [-0.3, -0.25) is 0 Å². The molecule has 0 amide bonds. The Kier molecular flexibility index (Phi) is 3.08. The van der Waals surface area contributed by atoms with Crippen LogP contribution in [0, 0.1) is 0 Å². The molecule has 0 aliphatic carbocycles. The van der Waals surface area contributed by atoms with E-state index in [2.05, 4.69) is 4.98 Å². The quantitative estimate of drug-likeness (QED) is 0.718. The number of para-hydroxylation sites is 2. The molecule has 2 aromatic carbocycles. The molecule has 3 N–H and O–H groups in total. The number of fused-ring (bicyclic) bond motifs is 1. The van der Waals surface area contributed by atoms with Gasteiger partial charge in [0.25, 0.3) is 5.22 Å². The van der Waals surface area contributed by atoms with Crippen LogP contribution in [0.4, 0.5) is 5.69 Å². The molecule has 20 heavy (non-hydrogen) atoms. The SMILES string of the molecule is Nc1ccc(Sc2nc3ccccc3o2)c(C(=O)O)c1. The number of aromatic nitrogens is 1. The van der Waals surface area contributed by atoms with E-state index in [1.807, 2.05) is 24.3 Å². The number of carboxylic acids is 1. The topological polar surface area (TPSA) is 89.4 Å². The summed E-state index contributed by atoms with van der Waals surface area (Å²) < 4.78 is 5.56. The van der Waals surface area contributed by atoms with Crippen LogP contribution >= 0.6 is 11.8 Å². The van der Waals surface area contributed by atoms with Gasteiger partial charge >= 0.3 is 5.97 Å². The first-order valence-corrected chi connectivity index (χ1v) is 6.61. The van der Waals surface area contributed by atoms with Crippen LogP contribution in [0.25, 0.3) is 11.1 Å². The normalized spacial score (nSPS) is 10.8. The summed E-state index contributed by atoms with van der Waals surface area (Å²) in [6, 6.07) is 12.1. The standard InChI is InChI=1S/C14H10N2O3S/c15-8-5-6-12(9(7-8)13(17)18)20-14-16-10-3-1-2-4-11(10)19-14/h1-7H,15H2,(H,17,18). The maximum atomic E-state index is 11.2. The molecular weight excluding hydrogens is 276 g/mol. The lowest BCUT2D eigenvalue weighted by Gasteiger charge is -2.03. The third-order valence-electron chi connectivity index (χ3n) is 2.71. The molecule has 0 fully saturated rings. The molecule has 0 aliphatic heterocycles. The fraction of sp³-hybridized carbons (Fsp3) is 0. The Balaban J connectivity index is 2.00. The fourth-order valence-electron chi connectivity index (χ4n) is 1.79. The molecular formula is C14H10N2O3S. The molecule has 0 aliphatic rings. The fourth-order valence-corrected chi connectivity index (χ4v) is 2.65. The van der Waals surface area contributed by atoms with E-state index in [0.29, 0.717) is 21.4 Å². The van der Waals surface area contributed by atoms with Gasteiger partial charge in [0.1, 0.15) is 5.52 Å². The Hall–Kier alpha value is -2.47. The minimum absolute atomic E-state index is 0.136. The number of nitrogens with zero attached hydrogens (tertiary/aromatic N) is 1. The molecule has 3 rings (SSSR count). The largest absolute Gasteiger partial charge is 0.478 e. The molecule has 1 heterocycles. The van der Waals surface area contributed by atoms with Crippen LogP contribution in [0.3, 0.4) is 0 Å². The second-order valence-electron chi connectivity index (χ2n) is 4.11. The van der Waals surface area contributed by atoms with Crippen molar-refractivity contribution in [3.63, 3.8) is 0 Å². The summed E-state index contributed by atoms with van der Waals surface area (Å²) in [5.74, 6) is -1.03. The predicted octanol–water partition coefficient (Wildman–Crippen LogP) is 3.26. The average Bonchev–Trinajstić information content (AvgIpc) is 2.82. The number of aromatic carboxylic acids is 1. The Labute approximate surface area is 118 Å². The number of benzene rings is 2. The molecule has 0 radical (unpaired) electrons. The van der Waals surface area contributed by atoms with E-state index in [1.165, 1.54) is 6.07 Å². The summed E-state index contributed by atoms with van der Waals surface area (Å²) in [6.45, 7) is 0. The molecule has 1 aromatic heterocycles. The lowest BCUT2D eigenvalue weighted by atomic mass is 10.2. The van der Waals surface area contributed by atoms with E-state index in [4.69, 9.17) is 10.2 Å². The van der Waals surface area contributed by atoms with Crippen LogP contribution < -0.4 is 5.73 Å². The summed E-state index contributed by atoms with van der Waals surface area (Å²) >= 11 is 1.16. The third-order valence-corrected chi connectivity index (χ3v) is 3.63. The van der Waals surface area contributed by atoms with Crippen molar-refractivity contribution in [1.29, 1.82) is 0 Å². The van der Waals surface area contributed by atoms with Crippen molar-refractivity contribution in [2.45, 2.75) is 10.1 Å². The van der Waals surface area contributed by atoms with Crippen LogP contribution in [-0.2, 0) is 0 Å². The van der Waals surface area contributed by atoms with Crippen LogP contribution in [0.15, 0.2) is 57.0 Å². The molecule has 0 unspecified atom stereocenters. The van der Waals surface area contributed by atoms with E-state index in [0.717, 1.165) is 17.3 Å². The van der Waals surface area contributed by atoms with Gasteiger partial charge in [0, 0.05) is 10.6 Å². The van der Waals surface area contributed by atoms with E-state index in [9.17, 15) is 9.90 Å². The number of carbonyl (C=O) groups is 1. The van der Waals surface area contributed by atoms with Crippen LogP contribution in [0.1, 0.15) is 10.4 Å². The summed E-state index contributed by atoms with van der Waals surface area (Å²) in [6.07, 6.45) is 0. The summed E-state index contributed by atoms with van der Waals surface area (Å²) in [7, 11) is 0. The Morgan fingerprint density at radius 3 is 2.80 bits per heavy atom. The first kappa shape index (κ1) is 12.6. The highest BCUT2D eigenvalue weighted by Gasteiger charge is 2.14. The van der Waals surface area contributed by atoms with Crippen LogP contribution in [0.2, 0.25) is 0 Å². The van der Waals surface area contributed by atoms with Gasteiger partial charge in [0.05, 0.1) is 5.56 Å². The van der Waals surface area contributed by atoms with Gasteiger partial charge in [-0.05, 0) is 42.1 Å². The summed E-state index contributed by atoms with van der Waals surface area (Å²) in [4.78, 5) is 16.1. The minimum atomic E-state index is -1.03. The third kappa shape index (κ3) is 2.33. The number of anilines is 1. The molecule has 0 atom stereocenters. The first-order valence-electron chi connectivity index (χ1n) is 5.80. The van der Waals surface area contributed by atoms with Gasteiger partial charge < -0.3 is 15.3 Å². The molecule has 0 spiro atoms. The zero-order valence-electron chi connectivity index (χ0n) is 10.2. The Bertz CT molecular complexity index is 765. The molecule has 6 heteroatoms. The summed E-state index contributed by atoms with van der Waals surface area (Å²) in [5, 5.41) is 9.59. The van der Waals surface area contributed by atoms with Gasteiger partial charge in [0.2, 0.25) is 0 Å². The van der Waals surface area contributed by atoms with Crippen molar-refractivity contribution in [1.82, 2.24) is 4.98 Å². The van der Waals surface area contributed by atoms with Gasteiger partial charge in [-0.25, -0.2) is 9.78 Å². The van der Waals surface area contributed by atoms with Crippen molar-refractivity contribution in [3.8, 4) is 0 Å². The number of nitrogen functional groups attached to an aromatic ring is 1. The maximum Gasteiger partial charge on any atom is 0.336 e. The smallest absolute Gasteiger partial charge is 0.336 e. The minimum Gasteiger partial charge on any atom is -0.478 e. The Morgan fingerprint density at radius 2 is 2.05 bits per heavy atom. The molecule has 0 saturated heterocycles. The number of carboxylic acid groups (broad SMARTS) is 1. The second kappa shape index (κ2) is 4.90. The zero-order valence-corrected chi connectivity index (χ0v) is 11.1. The lowest BCUT2D eigenvalue weighted by molar-refractivity contribution is 0.0693. The van der Waals surface area contributed by atoms with Crippen molar-refractivity contribution < 1.29 is 14.3 Å². The van der Waals surface area contributed by atoms with E-state index < -0.39 is 5.97 Å². The first-order chi connectivity index (χ1) is 9.63. The highest BCUT2D eigenvalue weighted by Crippen LogP contribution is 2.32. The molecule has 0 bridgehead atoms. The number of hydrogen-bond donors (Lipinski definition) is 2. The van der Waals surface area contributed by atoms with E-state index in [1.54, 1.807) is 12.1 Å². The average molecular weight is 286 g/mol. The Morgan fingerprint density at radius 1 is 1.25 bits per heavy atom. The molecule has 0 saturated carbocycles. The highest BCUT2D eigenvalue weighted by atomic mass is 32.2. The molecule has 3 aromatic rings. The number of oxazole rings is 1. The van der Waals surface area contributed by atoms with Gasteiger partial charge in [-0.15, -0.1) is 0 Å². The van der Waals surface area contributed by atoms with E-state index >= 15 is 0 Å². The van der Waals surface area contributed by atoms with Gasteiger partial charge in [-0.1, -0.05) is 12.1 Å². The molecule has 100 valence electrons. The monoisotopic (exact) mass is 286 g/mol. The second-order valence-corrected chi connectivity index (χ2v) is 5.10. The van der Waals surface area contributed by atoms with Gasteiger partial charge in [-0.2, -0.15) is 0 Å². The zero-order chi connectivity index (χ0) is 14.1. The van der Waals surface area contributed by atoms with Crippen molar-refractivity contribution in [2.24, 2.45) is 0 Å². The van der Waals surface area contributed by atoms with Crippen LogP contribution in [-0.4, -0.2) is 16.1 Å². The predicted molar refractivity (Wildman–Crippen MR) is 75.9 cm³/mol. The molecule has 5 nitrogen and oxygen atoms in total. The number of nitrogens with two attached hydrogens (primary N) is 1. The lowest BCUT2D eigenvalue weighted by Crippen LogP contribution is -2.00. The van der Waals surface area contributed by atoms with Crippen LogP contribution in [0.5, 0.6) is 0 Å². The maximum absolute atomic E-state index is 11.2. The van der Waals surface area contributed by atoms with Crippen molar-refractivity contribution in [3.05, 3.63) is 48.0 Å². The summed E-state index contributed by atoms with van der Waals surface area (Å²) in [5.41, 5.74) is 7.56. The van der Waals surface area contributed by atoms with Crippen molar-refractivity contribution >= 4 is 34.5 Å². The highest BCUT2D eigenvalue weighted by molar-refractivity contribution is 7.99. The van der Waals surface area contributed by atoms with Gasteiger partial charge in [0.15, 0.2) is 5.58 Å². The number of rotatable bonds is 3. The van der Waals surface area contributed by atoms with E-state index in [-0.39, 0.29) is 5.56 Å². The number of hydrogen-bond acceptors (Lipinski definition) is 5. The van der Waals surface area contributed by atoms with Crippen molar-refractivity contribution in [2.75, 3.05) is 5.73 Å².